The second-order valence-corrected chi connectivity index (χ2v) is 14.1. The zero-order chi connectivity index (χ0) is 31.6. The number of rotatable bonds is 3. The molecule has 0 nitrogen and oxygen atoms in total. The zero-order valence-electron chi connectivity index (χ0n) is 27.4. The lowest BCUT2D eigenvalue weighted by Crippen LogP contribution is -2.09. The van der Waals surface area contributed by atoms with E-state index < -0.39 is 0 Å². The minimum atomic E-state index is 1.16. The lowest BCUT2D eigenvalue weighted by Gasteiger charge is -2.27. The molecule has 0 heterocycles. The predicted octanol–water partition coefficient (Wildman–Crippen LogP) is 13.1. The van der Waals surface area contributed by atoms with Crippen LogP contribution in [-0.4, -0.2) is 0 Å². The number of hydrogen-bond acceptors (Lipinski definition) is 0. The Morgan fingerprint density at radius 2 is 0.646 bits per heavy atom. The summed E-state index contributed by atoms with van der Waals surface area (Å²) in [5.41, 5.74) is 14.7. The van der Waals surface area contributed by atoms with Gasteiger partial charge in [-0.2, -0.15) is 0 Å². The minimum Gasteiger partial charge on any atom is -0.0616 e. The van der Waals surface area contributed by atoms with Crippen LogP contribution in [0.25, 0.3) is 76.5 Å². The van der Waals surface area contributed by atoms with Gasteiger partial charge in [-0.15, -0.1) is 0 Å². The predicted molar refractivity (Wildman–Crippen MR) is 206 cm³/mol. The van der Waals surface area contributed by atoms with Gasteiger partial charge < -0.3 is 0 Å². The lowest BCUT2D eigenvalue weighted by atomic mass is 9.77. The van der Waals surface area contributed by atoms with Crippen molar-refractivity contribution < 1.29 is 0 Å². The fourth-order valence-corrected chi connectivity index (χ4v) is 9.15. The molecule has 8 aromatic rings. The Bertz CT molecular complexity index is 2280. The molecule has 0 aromatic heterocycles. The molecular formula is C48H38. The van der Waals surface area contributed by atoms with Crippen molar-refractivity contribution >= 4 is 43.1 Å². The Morgan fingerprint density at radius 1 is 0.312 bits per heavy atom. The van der Waals surface area contributed by atoms with E-state index in [2.05, 4.69) is 133 Å². The highest BCUT2D eigenvalue weighted by atomic mass is 14.3. The van der Waals surface area contributed by atoms with E-state index >= 15 is 0 Å². The number of aryl methyl sites for hydroxylation is 2. The Morgan fingerprint density at radius 3 is 1.02 bits per heavy atom. The van der Waals surface area contributed by atoms with Gasteiger partial charge >= 0.3 is 0 Å². The summed E-state index contributed by atoms with van der Waals surface area (Å²) < 4.78 is 0. The van der Waals surface area contributed by atoms with E-state index in [1.165, 1.54) is 102 Å². The van der Waals surface area contributed by atoms with Crippen LogP contribution >= 0.6 is 0 Å². The highest BCUT2D eigenvalue weighted by molar-refractivity contribution is 6.14. The summed E-state index contributed by atoms with van der Waals surface area (Å²) in [6.07, 6.45) is 9.73. The monoisotopic (exact) mass is 614 g/mol. The van der Waals surface area contributed by atoms with E-state index in [1.807, 2.05) is 0 Å². The molecule has 48 heavy (non-hydrogen) atoms. The zero-order valence-corrected chi connectivity index (χ0v) is 27.4. The van der Waals surface area contributed by atoms with E-state index in [0.717, 1.165) is 25.7 Å². The Labute approximate surface area is 282 Å². The fourth-order valence-electron chi connectivity index (χ4n) is 9.15. The Hall–Kier alpha value is -5.20. The molecule has 8 aromatic carbocycles. The molecule has 0 fully saturated rings. The molecule has 2 aliphatic carbocycles. The minimum absolute atomic E-state index is 1.16. The third-order valence-corrected chi connectivity index (χ3v) is 11.3. The summed E-state index contributed by atoms with van der Waals surface area (Å²) in [5, 5.41) is 10.6. The molecule has 0 saturated heterocycles. The van der Waals surface area contributed by atoms with Crippen LogP contribution in [0, 0.1) is 0 Å². The van der Waals surface area contributed by atoms with Crippen LogP contribution in [0.3, 0.4) is 0 Å². The van der Waals surface area contributed by atoms with Crippen LogP contribution in [0.15, 0.2) is 133 Å². The molecule has 2 aliphatic rings. The summed E-state index contributed by atoms with van der Waals surface area (Å²) in [6.45, 7) is 0. The first-order valence-corrected chi connectivity index (χ1v) is 17.9. The Kier molecular flexibility index (Phi) is 6.51. The van der Waals surface area contributed by atoms with E-state index in [-0.39, 0.29) is 0 Å². The second kappa shape index (κ2) is 11.2. The molecule has 10 rings (SSSR count). The average Bonchev–Trinajstić information content (AvgIpc) is 3.15. The van der Waals surface area contributed by atoms with Gasteiger partial charge in [-0.25, -0.2) is 0 Å². The molecule has 0 heteroatoms. The molecule has 0 spiro atoms. The molecular weight excluding hydrogens is 577 g/mol. The number of fused-ring (bicyclic) bond motifs is 6. The van der Waals surface area contributed by atoms with Gasteiger partial charge in [0.25, 0.3) is 0 Å². The highest BCUT2D eigenvalue weighted by Crippen LogP contribution is 2.46. The van der Waals surface area contributed by atoms with E-state index in [9.17, 15) is 0 Å². The van der Waals surface area contributed by atoms with Gasteiger partial charge in [-0.05, 0) is 174 Å². The third kappa shape index (κ3) is 4.43. The van der Waals surface area contributed by atoms with Crippen LogP contribution < -0.4 is 0 Å². The van der Waals surface area contributed by atoms with Crippen molar-refractivity contribution in [2.75, 3.05) is 0 Å². The van der Waals surface area contributed by atoms with Gasteiger partial charge in [0.05, 0.1) is 0 Å². The molecule has 0 amide bonds. The standard InChI is InChI=1S/C48H38/c1-7-19-39-31(13-1)27-37(47-41-21-9-3-15-33(41)25-34-16-4-10-22-42(34)47)29-45(39)46-30-38(28-32-14-2-8-20-40(32)46)48-43-23-11-5-17-35(43)26-36-18-6-12-24-44(36)48/h3-6,9-12,15-18,21-30H,1-2,7-8,13-14,19-20H2. The van der Waals surface area contributed by atoms with Crippen molar-refractivity contribution in [1.82, 2.24) is 0 Å². The molecule has 0 radical (unpaired) electrons. The molecule has 0 saturated carbocycles. The molecule has 0 N–H and O–H groups in total. The molecule has 0 bridgehead atoms. The van der Waals surface area contributed by atoms with Gasteiger partial charge in [0.15, 0.2) is 0 Å². The van der Waals surface area contributed by atoms with Crippen LogP contribution in [0.5, 0.6) is 0 Å². The quantitative estimate of drug-likeness (QED) is 0.174. The topological polar surface area (TPSA) is 0 Å². The fraction of sp³-hybridized carbons (Fsp3) is 0.167. The number of benzene rings is 8. The summed E-state index contributed by atoms with van der Waals surface area (Å²) in [5.74, 6) is 0. The van der Waals surface area contributed by atoms with Crippen LogP contribution in [0.1, 0.15) is 47.9 Å². The van der Waals surface area contributed by atoms with Crippen molar-refractivity contribution in [2.45, 2.75) is 51.4 Å². The molecule has 0 atom stereocenters. The van der Waals surface area contributed by atoms with Crippen LogP contribution in [0.2, 0.25) is 0 Å². The lowest BCUT2D eigenvalue weighted by molar-refractivity contribution is 0.682. The number of hydrogen-bond donors (Lipinski definition) is 0. The van der Waals surface area contributed by atoms with Gasteiger partial charge in [0, 0.05) is 0 Å². The molecule has 0 aliphatic heterocycles. The van der Waals surface area contributed by atoms with Crippen LogP contribution in [-0.2, 0) is 25.7 Å². The van der Waals surface area contributed by atoms with Crippen molar-refractivity contribution in [2.24, 2.45) is 0 Å². The first-order chi connectivity index (χ1) is 23.8. The van der Waals surface area contributed by atoms with Gasteiger partial charge in [-0.1, -0.05) is 109 Å². The van der Waals surface area contributed by atoms with Crippen molar-refractivity contribution in [1.29, 1.82) is 0 Å². The first-order valence-electron chi connectivity index (χ1n) is 17.9. The van der Waals surface area contributed by atoms with E-state index in [1.54, 1.807) is 22.3 Å². The summed E-state index contributed by atoms with van der Waals surface area (Å²) in [4.78, 5) is 0. The van der Waals surface area contributed by atoms with Gasteiger partial charge in [-0.3, -0.25) is 0 Å². The maximum atomic E-state index is 2.59. The normalized spacial score (nSPS) is 14.4. The van der Waals surface area contributed by atoms with Crippen LogP contribution in [0.4, 0.5) is 0 Å². The van der Waals surface area contributed by atoms with Crippen molar-refractivity contribution in [3.8, 4) is 33.4 Å². The van der Waals surface area contributed by atoms with Gasteiger partial charge in [0.1, 0.15) is 0 Å². The van der Waals surface area contributed by atoms with Crippen molar-refractivity contribution in [3.63, 3.8) is 0 Å². The SMILES string of the molecule is c1ccc2c(-c3cc4c(c(-c5cc(-c6c7ccccc7cc7ccccc67)cc6c5CCCC6)c3)CCCC4)c3ccccc3cc2c1. The maximum Gasteiger partial charge on any atom is -0.00265 e. The third-order valence-electron chi connectivity index (χ3n) is 11.3. The maximum absolute atomic E-state index is 2.59. The largest absolute Gasteiger partial charge is 0.0616 e. The smallest absolute Gasteiger partial charge is 0.00265 e. The molecule has 230 valence electrons. The summed E-state index contributed by atoms with van der Waals surface area (Å²) in [7, 11) is 0. The molecule has 0 unspecified atom stereocenters. The van der Waals surface area contributed by atoms with E-state index in [0.29, 0.717) is 0 Å². The highest BCUT2D eigenvalue weighted by Gasteiger charge is 2.24. The summed E-state index contributed by atoms with van der Waals surface area (Å²) >= 11 is 0. The second-order valence-electron chi connectivity index (χ2n) is 14.1. The summed E-state index contributed by atoms with van der Waals surface area (Å²) in [6, 6.07) is 50.9. The van der Waals surface area contributed by atoms with Gasteiger partial charge in [0.2, 0.25) is 0 Å². The Balaban J connectivity index is 1.30. The van der Waals surface area contributed by atoms with Crippen molar-refractivity contribution in [3.05, 3.63) is 156 Å². The average molecular weight is 615 g/mol. The first kappa shape index (κ1) is 27.9. The van der Waals surface area contributed by atoms with E-state index in [4.69, 9.17) is 0 Å².